The molecule has 0 aromatic heterocycles. The lowest BCUT2D eigenvalue weighted by molar-refractivity contribution is -0.142. The highest BCUT2D eigenvalue weighted by molar-refractivity contribution is 5.65. The quantitative estimate of drug-likeness (QED) is 0.758. The molecule has 21 heavy (non-hydrogen) atoms. The monoisotopic (exact) mass is 284 g/mol. The van der Waals surface area contributed by atoms with Crippen LogP contribution in [0.2, 0.25) is 0 Å². The van der Waals surface area contributed by atoms with Crippen LogP contribution in [-0.4, -0.2) is 12.6 Å². The van der Waals surface area contributed by atoms with Crippen LogP contribution in [0.3, 0.4) is 0 Å². The fourth-order valence-electron chi connectivity index (χ4n) is 2.12. The van der Waals surface area contributed by atoms with Gasteiger partial charge in [-0.3, -0.25) is 4.79 Å². The van der Waals surface area contributed by atoms with Gasteiger partial charge in [0.2, 0.25) is 0 Å². The summed E-state index contributed by atoms with van der Waals surface area (Å²) in [7, 11) is 0. The third-order valence-corrected chi connectivity index (χ3v) is 3.08. The lowest BCUT2D eigenvalue weighted by Gasteiger charge is -2.07. The summed E-state index contributed by atoms with van der Waals surface area (Å²) < 4.78 is 10.5. The lowest BCUT2D eigenvalue weighted by atomic mass is 10.0. The van der Waals surface area contributed by atoms with Gasteiger partial charge in [-0.25, -0.2) is 0 Å². The minimum absolute atomic E-state index is 0.257. The van der Waals surface area contributed by atoms with Crippen molar-refractivity contribution in [2.24, 2.45) is 0 Å². The van der Waals surface area contributed by atoms with Crippen molar-refractivity contribution in [3.05, 3.63) is 65.2 Å². The van der Waals surface area contributed by atoms with Crippen molar-refractivity contribution in [3.8, 4) is 5.75 Å². The lowest BCUT2D eigenvalue weighted by Crippen LogP contribution is -1.99. The number of hydrogen-bond acceptors (Lipinski definition) is 3. The standard InChI is InChI=1S/C18H20O3/c1-3-20-18-9-7-15(8-10-18)11-16-5-4-6-17(12-16)13-21-14(2)19/h4-10,12H,3,11,13H2,1-2H3. The first-order chi connectivity index (χ1) is 10.2. The molecule has 0 fully saturated rings. The van der Waals surface area contributed by atoms with E-state index >= 15 is 0 Å². The number of benzene rings is 2. The Morgan fingerprint density at radius 2 is 1.71 bits per heavy atom. The fourth-order valence-corrected chi connectivity index (χ4v) is 2.12. The van der Waals surface area contributed by atoms with Gasteiger partial charge in [0.05, 0.1) is 6.61 Å². The average Bonchev–Trinajstić information content (AvgIpc) is 2.48. The van der Waals surface area contributed by atoms with E-state index in [9.17, 15) is 4.79 Å². The third-order valence-electron chi connectivity index (χ3n) is 3.08. The highest BCUT2D eigenvalue weighted by Crippen LogP contribution is 2.16. The molecule has 0 saturated carbocycles. The molecule has 3 nitrogen and oxygen atoms in total. The zero-order valence-electron chi connectivity index (χ0n) is 12.5. The van der Waals surface area contributed by atoms with Gasteiger partial charge < -0.3 is 9.47 Å². The molecule has 0 saturated heterocycles. The van der Waals surface area contributed by atoms with E-state index in [1.807, 2.05) is 31.2 Å². The Balaban J connectivity index is 2.01. The molecule has 0 bridgehead atoms. The molecule has 0 aliphatic heterocycles. The summed E-state index contributed by atoms with van der Waals surface area (Å²) in [4.78, 5) is 10.8. The largest absolute Gasteiger partial charge is 0.494 e. The van der Waals surface area contributed by atoms with Crippen LogP contribution in [-0.2, 0) is 22.6 Å². The smallest absolute Gasteiger partial charge is 0.302 e. The van der Waals surface area contributed by atoms with Gasteiger partial charge in [0.1, 0.15) is 12.4 Å². The molecule has 0 aliphatic rings. The van der Waals surface area contributed by atoms with Gasteiger partial charge in [-0.05, 0) is 42.2 Å². The van der Waals surface area contributed by atoms with E-state index < -0.39 is 0 Å². The van der Waals surface area contributed by atoms with Crippen LogP contribution >= 0.6 is 0 Å². The van der Waals surface area contributed by atoms with Crippen molar-refractivity contribution in [3.63, 3.8) is 0 Å². The van der Waals surface area contributed by atoms with Gasteiger partial charge in [-0.2, -0.15) is 0 Å². The van der Waals surface area contributed by atoms with Gasteiger partial charge in [0, 0.05) is 6.92 Å². The van der Waals surface area contributed by atoms with E-state index in [0.29, 0.717) is 13.2 Å². The topological polar surface area (TPSA) is 35.5 Å². The van der Waals surface area contributed by atoms with Crippen molar-refractivity contribution in [1.82, 2.24) is 0 Å². The number of carbonyl (C=O) groups excluding carboxylic acids is 1. The molecule has 0 amide bonds. The van der Waals surface area contributed by atoms with E-state index in [-0.39, 0.29) is 5.97 Å². The Morgan fingerprint density at radius 1 is 1.00 bits per heavy atom. The second kappa shape index (κ2) is 7.48. The minimum atomic E-state index is -0.257. The predicted molar refractivity (Wildman–Crippen MR) is 82.3 cm³/mol. The molecular weight excluding hydrogens is 264 g/mol. The van der Waals surface area contributed by atoms with Crippen molar-refractivity contribution >= 4 is 5.97 Å². The van der Waals surface area contributed by atoms with Crippen LogP contribution < -0.4 is 4.74 Å². The van der Waals surface area contributed by atoms with E-state index in [2.05, 4.69) is 24.3 Å². The van der Waals surface area contributed by atoms with Crippen LogP contribution in [0.25, 0.3) is 0 Å². The normalized spacial score (nSPS) is 10.2. The first-order valence-electron chi connectivity index (χ1n) is 7.10. The molecule has 2 aromatic carbocycles. The Kier molecular flexibility index (Phi) is 5.38. The fraction of sp³-hybridized carbons (Fsp3) is 0.278. The molecule has 2 rings (SSSR count). The molecule has 0 spiro atoms. The Labute approximate surface area is 125 Å². The molecule has 0 atom stereocenters. The Hall–Kier alpha value is -2.29. The van der Waals surface area contributed by atoms with Gasteiger partial charge in [-0.15, -0.1) is 0 Å². The highest BCUT2D eigenvalue weighted by atomic mass is 16.5. The van der Waals surface area contributed by atoms with E-state index in [0.717, 1.165) is 17.7 Å². The van der Waals surface area contributed by atoms with Crippen molar-refractivity contribution in [1.29, 1.82) is 0 Å². The molecule has 0 aliphatic carbocycles. The van der Waals surface area contributed by atoms with Crippen LogP contribution in [0.15, 0.2) is 48.5 Å². The number of rotatable bonds is 6. The molecular formula is C18H20O3. The molecule has 0 unspecified atom stereocenters. The number of hydrogen-bond donors (Lipinski definition) is 0. The molecule has 0 heterocycles. The molecule has 3 heteroatoms. The third kappa shape index (κ3) is 4.95. The van der Waals surface area contributed by atoms with E-state index in [1.54, 1.807) is 0 Å². The van der Waals surface area contributed by atoms with Crippen LogP contribution in [0.5, 0.6) is 5.75 Å². The summed E-state index contributed by atoms with van der Waals surface area (Å²) in [5.41, 5.74) is 3.43. The van der Waals surface area contributed by atoms with Crippen molar-refractivity contribution < 1.29 is 14.3 Å². The van der Waals surface area contributed by atoms with Crippen molar-refractivity contribution in [2.75, 3.05) is 6.61 Å². The van der Waals surface area contributed by atoms with Crippen LogP contribution in [0.1, 0.15) is 30.5 Å². The van der Waals surface area contributed by atoms with Gasteiger partial charge in [0.25, 0.3) is 0 Å². The molecule has 110 valence electrons. The Morgan fingerprint density at radius 3 is 2.38 bits per heavy atom. The zero-order valence-corrected chi connectivity index (χ0v) is 12.5. The predicted octanol–water partition coefficient (Wildman–Crippen LogP) is 3.74. The first kappa shape index (κ1) is 15.1. The summed E-state index contributed by atoms with van der Waals surface area (Å²) in [6.45, 7) is 4.40. The first-order valence-corrected chi connectivity index (χ1v) is 7.10. The molecule has 0 radical (unpaired) electrons. The maximum atomic E-state index is 10.8. The summed E-state index contributed by atoms with van der Waals surface area (Å²) >= 11 is 0. The maximum absolute atomic E-state index is 10.8. The van der Waals surface area contributed by atoms with Gasteiger partial charge in [-0.1, -0.05) is 36.4 Å². The summed E-state index contributed by atoms with van der Waals surface area (Å²) in [5.74, 6) is 0.636. The molecule has 0 N–H and O–H groups in total. The summed E-state index contributed by atoms with van der Waals surface area (Å²) in [6, 6.07) is 16.2. The molecule has 2 aromatic rings. The maximum Gasteiger partial charge on any atom is 0.302 e. The SMILES string of the molecule is CCOc1ccc(Cc2cccc(COC(C)=O)c2)cc1. The second-order valence-electron chi connectivity index (χ2n) is 4.85. The van der Waals surface area contributed by atoms with Crippen LogP contribution in [0, 0.1) is 0 Å². The number of esters is 1. The van der Waals surface area contributed by atoms with Gasteiger partial charge in [0.15, 0.2) is 0 Å². The summed E-state index contributed by atoms with van der Waals surface area (Å²) in [5, 5.41) is 0. The van der Waals surface area contributed by atoms with E-state index in [4.69, 9.17) is 9.47 Å². The van der Waals surface area contributed by atoms with Crippen LogP contribution in [0.4, 0.5) is 0 Å². The average molecular weight is 284 g/mol. The van der Waals surface area contributed by atoms with E-state index in [1.165, 1.54) is 18.1 Å². The minimum Gasteiger partial charge on any atom is -0.494 e. The summed E-state index contributed by atoms with van der Waals surface area (Å²) in [6.07, 6.45) is 0.848. The zero-order chi connectivity index (χ0) is 15.1. The second-order valence-corrected chi connectivity index (χ2v) is 4.85. The number of ether oxygens (including phenoxy) is 2. The highest BCUT2D eigenvalue weighted by Gasteiger charge is 2.01. The number of carbonyl (C=O) groups is 1. The Bertz CT molecular complexity index is 588. The van der Waals surface area contributed by atoms with Gasteiger partial charge >= 0.3 is 5.97 Å². The van der Waals surface area contributed by atoms with Crippen molar-refractivity contribution in [2.45, 2.75) is 26.9 Å².